The van der Waals surface area contributed by atoms with Crippen LogP contribution in [0.1, 0.15) is 12.1 Å². The largest absolute Gasteiger partial charge is 0.348 e. The summed E-state index contributed by atoms with van der Waals surface area (Å²) in [6.45, 7) is -0.123. The van der Waals surface area contributed by atoms with Crippen LogP contribution in [0.5, 0.6) is 0 Å². The molecule has 15 heavy (non-hydrogen) atoms. The predicted octanol–water partition coefficient (Wildman–Crippen LogP) is -1.23. The normalized spacial score (nSPS) is 12.4. The number of Topliss-reactive ketones (excluding diaryl/α,β-unsaturated/α-hetero) is 2. The number of imidazole rings is 1. The third-order valence-corrected chi connectivity index (χ3v) is 2.01. The molecule has 0 aliphatic heterocycles. The number of hydrogen-bond donors (Lipinski definition) is 3. The molecule has 1 rings (SSSR count). The average molecular weight is 210 g/mol. The Morgan fingerprint density at radius 1 is 1.53 bits per heavy atom. The molecule has 0 fully saturated rings. The van der Waals surface area contributed by atoms with Gasteiger partial charge in [0.1, 0.15) is 0 Å². The maximum Gasteiger partial charge on any atom is 0.157 e. The van der Waals surface area contributed by atoms with Crippen molar-refractivity contribution in [2.75, 3.05) is 6.54 Å². The predicted molar refractivity (Wildman–Crippen MR) is 54.0 cm³/mol. The molecule has 0 amide bonds. The molecule has 1 heterocycles. The van der Waals surface area contributed by atoms with Crippen molar-refractivity contribution in [1.82, 2.24) is 9.97 Å². The van der Waals surface area contributed by atoms with E-state index in [1.54, 1.807) is 6.20 Å². The van der Waals surface area contributed by atoms with E-state index in [1.807, 2.05) is 0 Å². The summed E-state index contributed by atoms with van der Waals surface area (Å²) < 4.78 is 0. The van der Waals surface area contributed by atoms with Crippen molar-refractivity contribution in [3.8, 4) is 0 Å². The number of ketones is 2. The summed E-state index contributed by atoms with van der Waals surface area (Å²) in [7, 11) is 0. The van der Waals surface area contributed by atoms with Crippen LogP contribution in [0.15, 0.2) is 12.5 Å². The maximum absolute atomic E-state index is 11.4. The average Bonchev–Trinajstić information content (AvgIpc) is 2.70. The Morgan fingerprint density at radius 3 is 2.80 bits per heavy atom. The smallest absolute Gasteiger partial charge is 0.157 e. The van der Waals surface area contributed by atoms with Crippen LogP contribution in [0.3, 0.4) is 0 Å². The summed E-state index contributed by atoms with van der Waals surface area (Å²) in [5.74, 6) is -0.583. The van der Waals surface area contributed by atoms with Gasteiger partial charge in [-0.05, 0) is 0 Å². The minimum Gasteiger partial charge on any atom is -0.348 e. The van der Waals surface area contributed by atoms with Gasteiger partial charge in [0.15, 0.2) is 11.6 Å². The molecule has 0 spiro atoms. The number of carbonyl (C=O) groups excluding carboxylic acids is 2. The van der Waals surface area contributed by atoms with Gasteiger partial charge in [0, 0.05) is 18.3 Å². The van der Waals surface area contributed by atoms with E-state index in [4.69, 9.17) is 11.5 Å². The second-order valence-electron chi connectivity index (χ2n) is 3.27. The number of nitrogens with one attached hydrogen (secondary N) is 1. The van der Waals surface area contributed by atoms with E-state index < -0.39 is 6.04 Å². The lowest BCUT2D eigenvalue weighted by atomic mass is 10.0. The first-order valence-corrected chi connectivity index (χ1v) is 4.60. The molecule has 1 aromatic rings. The van der Waals surface area contributed by atoms with Crippen LogP contribution in [0.25, 0.3) is 0 Å². The Labute approximate surface area is 87.1 Å². The second-order valence-corrected chi connectivity index (χ2v) is 3.27. The summed E-state index contributed by atoms with van der Waals surface area (Å²) in [6, 6.07) is -0.680. The van der Waals surface area contributed by atoms with Crippen LogP contribution in [0, 0.1) is 0 Å². The molecule has 0 saturated heterocycles. The molecular weight excluding hydrogens is 196 g/mol. The number of nitrogens with two attached hydrogens (primary N) is 2. The molecule has 6 nitrogen and oxygen atoms in total. The summed E-state index contributed by atoms with van der Waals surface area (Å²) in [4.78, 5) is 29.0. The highest BCUT2D eigenvalue weighted by Gasteiger charge is 2.17. The minimum absolute atomic E-state index is 0.123. The van der Waals surface area contributed by atoms with E-state index in [2.05, 4.69) is 9.97 Å². The van der Waals surface area contributed by atoms with Crippen molar-refractivity contribution in [1.29, 1.82) is 0 Å². The highest BCUT2D eigenvalue weighted by atomic mass is 16.1. The van der Waals surface area contributed by atoms with E-state index in [9.17, 15) is 9.59 Å². The zero-order valence-electron chi connectivity index (χ0n) is 8.27. The monoisotopic (exact) mass is 210 g/mol. The molecular formula is C9H14N4O2. The van der Waals surface area contributed by atoms with E-state index in [0.29, 0.717) is 6.42 Å². The number of aromatic nitrogens is 2. The first kappa shape index (κ1) is 11.5. The fourth-order valence-electron chi connectivity index (χ4n) is 1.14. The van der Waals surface area contributed by atoms with Crippen molar-refractivity contribution in [2.24, 2.45) is 11.5 Å². The van der Waals surface area contributed by atoms with Crippen LogP contribution in [-0.4, -0.2) is 34.1 Å². The van der Waals surface area contributed by atoms with E-state index in [-0.39, 0.29) is 24.5 Å². The molecule has 0 aliphatic carbocycles. The topological polar surface area (TPSA) is 115 Å². The van der Waals surface area contributed by atoms with Crippen molar-refractivity contribution in [2.45, 2.75) is 18.9 Å². The van der Waals surface area contributed by atoms with Gasteiger partial charge >= 0.3 is 0 Å². The number of hydrogen-bond acceptors (Lipinski definition) is 5. The van der Waals surface area contributed by atoms with E-state index in [0.717, 1.165) is 5.69 Å². The summed E-state index contributed by atoms with van der Waals surface area (Å²) in [5, 5.41) is 0. The number of carbonyl (C=O) groups is 2. The number of aromatic amines is 1. The summed E-state index contributed by atoms with van der Waals surface area (Å²) >= 11 is 0. The van der Waals surface area contributed by atoms with Gasteiger partial charge in [0.2, 0.25) is 0 Å². The standard InChI is InChI=1S/C9H14N4O2/c10-3-7(14)2-9(15)8(11)1-6-4-12-5-13-6/h4-5,8H,1-3,10-11H2,(H,12,13)/t8-/m0/s1. The van der Waals surface area contributed by atoms with Gasteiger partial charge in [0.05, 0.1) is 25.3 Å². The van der Waals surface area contributed by atoms with Crippen LogP contribution < -0.4 is 11.5 Å². The van der Waals surface area contributed by atoms with E-state index in [1.165, 1.54) is 6.33 Å². The number of rotatable bonds is 6. The zero-order valence-corrected chi connectivity index (χ0v) is 8.27. The Hall–Kier alpha value is -1.53. The SMILES string of the molecule is NCC(=O)CC(=O)[C@@H](N)Cc1cnc[nH]1. The van der Waals surface area contributed by atoms with Gasteiger partial charge in [-0.15, -0.1) is 0 Å². The molecule has 1 atom stereocenters. The summed E-state index contributed by atoms with van der Waals surface area (Å²) in [5.41, 5.74) is 11.5. The van der Waals surface area contributed by atoms with Crippen LogP contribution in [0.2, 0.25) is 0 Å². The fraction of sp³-hybridized carbons (Fsp3) is 0.444. The number of nitrogens with zero attached hydrogens (tertiary/aromatic N) is 1. The first-order valence-electron chi connectivity index (χ1n) is 4.60. The molecule has 5 N–H and O–H groups in total. The van der Waals surface area contributed by atoms with Crippen molar-refractivity contribution in [3.63, 3.8) is 0 Å². The quantitative estimate of drug-likeness (QED) is 0.508. The molecule has 0 saturated carbocycles. The van der Waals surface area contributed by atoms with Crippen LogP contribution in [0.4, 0.5) is 0 Å². The number of H-pyrrole nitrogens is 1. The minimum atomic E-state index is -0.680. The van der Waals surface area contributed by atoms with Crippen molar-refractivity contribution < 1.29 is 9.59 Å². The molecule has 1 aromatic heterocycles. The lowest BCUT2D eigenvalue weighted by Crippen LogP contribution is -2.35. The molecule has 0 aliphatic rings. The molecule has 6 heteroatoms. The third kappa shape index (κ3) is 3.61. The fourth-order valence-corrected chi connectivity index (χ4v) is 1.14. The van der Waals surface area contributed by atoms with Gasteiger partial charge in [-0.25, -0.2) is 4.98 Å². The molecule has 82 valence electrons. The highest BCUT2D eigenvalue weighted by Crippen LogP contribution is 1.99. The van der Waals surface area contributed by atoms with E-state index >= 15 is 0 Å². The van der Waals surface area contributed by atoms with Crippen molar-refractivity contribution in [3.05, 3.63) is 18.2 Å². The molecule has 0 unspecified atom stereocenters. The third-order valence-electron chi connectivity index (χ3n) is 2.01. The molecule has 0 aromatic carbocycles. The van der Waals surface area contributed by atoms with Crippen LogP contribution >= 0.6 is 0 Å². The van der Waals surface area contributed by atoms with Crippen molar-refractivity contribution >= 4 is 11.6 Å². The van der Waals surface area contributed by atoms with Gasteiger partial charge in [-0.1, -0.05) is 0 Å². The zero-order chi connectivity index (χ0) is 11.3. The Balaban J connectivity index is 2.43. The van der Waals surface area contributed by atoms with Gasteiger partial charge < -0.3 is 16.5 Å². The molecule has 0 bridgehead atoms. The highest BCUT2D eigenvalue weighted by molar-refractivity contribution is 6.02. The van der Waals surface area contributed by atoms with Gasteiger partial charge in [0.25, 0.3) is 0 Å². The van der Waals surface area contributed by atoms with Crippen LogP contribution in [-0.2, 0) is 16.0 Å². The van der Waals surface area contributed by atoms with Gasteiger partial charge in [-0.2, -0.15) is 0 Å². The lowest BCUT2D eigenvalue weighted by molar-refractivity contribution is -0.127. The first-order chi connectivity index (χ1) is 7.13. The second kappa shape index (κ2) is 5.38. The lowest BCUT2D eigenvalue weighted by Gasteiger charge is -2.07. The Bertz CT molecular complexity index is 334. The Morgan fingerprint density at radius 2 is 2.27 bits per heavy atom. The van der Waals surface area contributed by atoms with Gasteiger partial charge in [-0.3, -0.25) is 9.59 Å². The maximum atomic E-state index is 11.4. The molecule has 0 radical (unpaired) electrons. The summed E-state index contributed by atoms with van der Waals surface area (Å²) in [6.07, 6.45) is 3.28. The Kier molecular flexibility index (Phi) is 4.14.